The molecule has 2 aromatic carbocycles. The molecule has 0 unspecified atom stereocenters. The summed E-state index contributed by atoms with van der Waals surface area (Å²) in [5.41, 5.74) is 9.45. The number of carbonyl (C=O) groups excluding carboxylic acids is 1. The lowest BCUT2D eigenvalue weighted by Crippen LogP contribution is -2.53. The number of benzene rings is 2. The number of halogens is 2. The Morgan fingerprint density at radius 3 is 1.42 bits per heavy atom. The Kier molecular flexibility index (Phi) is 21.9. The van der Waals surface area contributed by atoms with E-state index in [1.807, 2.05) is 106 Å². The van der Waals surface area contributed by atoms with E-state index in [0.29, 0.717) is 107 Å². The van der Waals surface area contributed by atoms with Gasteiger partial charge in [0, 0.05) is 158 Å². The van der Waals surface area contributed by atoms with Crippen LogP contribution in [0.1, 0.15) is 70.5 Å². The second-order valence-electron chi connectivity index (χ2n) is 22.5. The molecule has 4 saturated heterocycles. The highest BCUT2D eigenvalue weighted by Gasteiger charge is 2.31. The molecular formula is C68H78F2N20O3S2. The second-order valence-corrected chi connectivity index (χ2v) is 24.5. The number of imidazole rings is 2. The Bertz CT molecular complexity index is 4330. The van der Waals surface area contributed by atoms with Crippen LogP contribution in [-0.4, -0.2) is 180 Å². The summed E-state index contributed by atoms with van der Waals surface area (Å²) >= 11 is 2.57. The van der Waals surface area contributed by atoms with Crippen molar-refractivity contribution in [3.63, 3.8) is 0 Å². The molecule has 10 aromatic rings. The van der Waals surface area contributed by atoms with Crippen LogP contribution in [0.15, 0.2) is 110 Å². The minimum atomic E-state index is -0.430. The fraction of sp³-hybridized carbons (Fsp3) is 0.368. The highest BCUT2D eigenvalue weighted by atomic mass is 32.1. The smallest absolute Gasteiger partial charge is 0.320 e. The molecule has 8 aromatic heterocycles. The fourth-order valence-electron chi connectivity index (χ4n) is 11.5. The quantitative estimate of drug-likeness (QED) is 0.0886. The molecule has 4 aliphatic heterocycles. The maximum atomic E-state index is 13.6. The van der Waals surface area contributed by atoms with Gasteiger partial charge in [0.25, 0.3) is 0 Å². The van der Waals surface area contributed by atoms with Gasteiger partial charge in [0.05, 0.1) is 23.6 Å². The van der Waals surface area contributed by atoms with Crippen LogP contribution in [-0.2, 0) is 12.8 Å². The normalized spacial score (nSPS) is 16.1. The molecule has 4 aliphatic rings. The molecule has 4 fully saturated rings. The van der Waals surface area contributed by atoms with Gasteiger partial charge in [0.15, 0.2) is 10.3 Å². The SMILES string of the molecule is C.CCc1nc2ccc(-c3cnc(N4CCN(C(=O)N5CC[C@@H](O)C5)CC4)nc3)cn2c1N(C)c1nc(-c2ccc(F)cc2)c(C#N)s1.CCc1nc2ccc(-c3cnc(N4CCNCC4)nc3)cn2c1N(C)c1nc(-c2ccc(F)cc2)c(C#N)s1.O[C@@H]1CCNC1.[2H]CC. The molecule has 14 rings (SSSR count). The van der Waals surface area contributed by atoms with Gasteiger partial charge >= 0.3 is 6.03 Å². The minimum Gasteiger partial charge on any atom is -0.392 e. The molecule has 0 aliphatic carbocycles. The molecular weight excluding hydrogens is 1250 g/mol. The Labute approximate surface area is 560 Å². The lowest BCUT2D eigenvalue weighted by atomic mass is 10.1. The first-order chi connectivity index (χ1) is 46.2. The number of aliphatic hydroxyl groups is 2. The van der Waals surface area contributed by atoms with Crippen LogP contribution in [0.5, 0.6) is 0 Å². The summed E-state index contributed by atoms with van der Waals surface area (Å²) < 4.78 is 37.3. The Balaban J connectivity index is 0.000000185. The molecule has 2 atom stereocenters. The molecule has 27 heteroatoms. The number of nitrogens with zero attached hydrogens (tertiary/aromatic N) is 18. The zero-order valence-corrected chi connectivity index (χ0v) is 54.6. The van der Waals surface area contributed by atoms with E-state index in [0.717, 1.165) is 115 Å². The van der Waals surface area contributed by atoms with Gasteiger partial charge in [-0.2, -0.15) is 10.5 Å². The summed E-state index contributed by atoms with van der Waals surface area (Å²) in [7, 11) is 3.83. The number of carbonyl (C=O) groups is 1. The number of hydrogen-bond donors (Lipinski definition) is 4. The average Bonchev–Trinajstić information content (AvgIpc) is 1.61. The van der Waals surface area contributed by atoms with Crippen molar-refractivity contribution in [2.45, 2.75) is 73.0 Å². The van der Waals surface area contributed by atoms with Crippen molar-refractivity contribution in [2.75, 3.05) is 112 Å². The van der Waals surface area contributed by atoms with Crippen LogP contribution in [0.25, 0.3) is 56.1 Å². The number of anilines is 6. The standard InChI is InChI=1S/C33H33FN10O2S.C28H26FN9S.C4H9NO.C2H6.CH4/c1-3-26-30(40(2)32-39-29(27(16-35)47-32)21-4-7-24(34)8-5-21)44-19-22(6-9-28(44)38-26)23-17-36-31(37-18-23)41-12-14-42(15-13-41)33(46)43-11-10-25(45)20-43;1-3-22-26(36(2)28-35-25(23(14-30)39-28)18-4-7-21(29)8-5-18)38-17-19(6-9-24(38)34-22)20-15-32-27(33-16-20)37-12-10-31-11-13-37;6-4-1-2-5-3-4;1-2;/h4-9,17-19,25,45H,3,10-15,20H2,1-2H3;4-9,15-17,31H,3,10-13H2,1-2H3;4-6H,1-3H2;1-2H3;1H4/t25-;;4-;;/m1.1../s1/i;;;1D;. The fourth-order valence-corrected chi connectivity index (χ4v) is 13.2. The summed E-state index contributed by atoms with van der Waals surface area (Å²) in [6.07, 6.45) is 13.9. The van der Waals surface area contributed by atoms with Crippen LogP contribution in [0, 0.1) is 34.3 Å². The van der Waals surface area contributed by atoms with E-state index in [9.17, 15) is 29.2 Å². The number of aryl methyl sites for hydroxylation is 2. The number of fused-ring (bicyclic) bond motifs is 2. The Morgan fingerprint density at radius 2 is 1.04 bits per heavy atom. The molecule has 494 valence electrons. The van der Waals surface area contributed by atoms with Crippen LogP contribution in [0.3, 0.4) is 0 Å². The van der Waals surface area contributed by atoms with Crippen molar-refractivity contribution in [3.05, 3.63) is 143 Å². The first-order valence-electron chi connectivity index (χ1n) is 32.0. The molecule has 0 radical (unpaired) electrons. The summed E-state index contributed by atoms with van der Waals surface area (Å²) in [4.78, 5) is 63.3. The van der Waals surface area contributed by atoms with E-state index in [-0.39, 0.29) is 31.2 Å². The lowest BCUT2D eigenvalue weighted by molar-refractivity contribution is 0.144. The molecule has 2 amide bonds. The van der Waals surface area contributed by atoms with Crippen molar-refractivity contribution in [3.8, 4) is 56.9 Å². The van der Waals surface area contributed by atoms with E-state index in [1.165, 1.54) is 46.9 Å². The highest BCUT2D eigenvalue weighted by Crippen LogP contribution is 2.40. The van der Waals surface area contributed by atoms with Gasteiger partial charge in [0.2, 0.25) is 11.9 Å². The topological polar surface area (TPSA) is 261 Å². The number of piperazine rings is 2. The predicted molar refractivity (Wildman–Crippen MR) is 370 cm³/mol. The number of thiazole rings is 2. The number of pyridine rings is 2. The summed E-state index contributed by atoms with van der Waals surface area (Å²) in [5.74, 6) is 2.39. The number of rotatable bonds is 12. The van der Waals surface area contributed by atoms with E-state index in [1.54, 1.807) is 36.1 Å². The van der Waals surface area contributed by atoms with Crippen molar-refractivity contribution < 1.29 is 25.2 Å². The predicted octanol–water partition coefficient (Wildman–Crippen LogP) is 10.2. The maximum Gasteiger partial charge on any atom is 0.320 e. The third-order valence-corrected chi connectivity index (χ3v) is 18.6. The summed E-state index contributed by atoms with van der Waals surface area (Å²) in [5, 5.41) is 45.7. The molecule has 0 saturated carbocycles. The van der Waals surface area contributed by atoms with Gasteiger partial charge in [-0.25, -0.2) is 53.4 Å². The first-order valence-corrected chi connectivity index (χ1v) is 32.9. The Hall–Kier alpha value is -9.61. The molecule has 0 spiro atoms. The van der Waals surface area contributed by atoms with Gasteiger partial charge in [-0.15, -0.1) is 0 Å². The second kappa shape index (κ2) is 31.1. The Morgan fingerprint density at radius 1 is 0.600 bits per heavy atom. The lowest BCUT2D eigenvalue weighted by Gasteiger charge is -2.36. The molecule has 23 nitrogen and oxygen atoms in total. The maximum absolute atomic E-state index is 13.6. The van der Waals surface area contributed by atoms with Crippen molar-refractivity contribution in [2.24, 2.45) is 0 Å². The van der Waals surface area contributed by atoms with E-state index in [4.69, 9.17) is 26.4 Å². The van der Waals surface area contributed by atoms with Crippen LogP contribution in [0.4, 0.5) is 47.4 Å². The number of aromatic nitrogens is 10. The summed E-state index contributed by atoms with van der Waals surface area (Å²) in [6.45, 7) is 15.2. The summed E-state index contributed by atoms with van der Waals surface area (Å²) in [6, 6.07) is 24.5. The minimum absolute atomic E-state index is 0. The molecule has 0 bridgehead atoms. The van der Waals surface area contributed by atoms with E-state index in [2.05, 4.69) is 59.4 Å². The highest BCUT2D eigenvalue weighted by molar-refractivity contribution is 7.17. The monoisotopic (exact) mass is 1330 g/mol. The van der Waals surface area contributed by atoms with Crippen LogP contribution < -0.4 is 30.2 Å². The number of hydrogen-bond acceptors (Lipinski definition) is 21. The van der Waals surface area contributed by atoms with Gasteiger partial charge < -0.3 is 50.2 Å². The molecule has 12 heterocycles. The average molecular weight is 1330 g/mol. The zero-order chi connectivity index (χ0) is 66.7. The van der Waals surface area contributed by atoms with Crippen LogP contribution in [0.2, 0.25) is 0 Å². The van der Waals surface area contributed by atoms with Crippen LogP contribution >= 0.6 is 22.7 Å². The largest absolute Gasteiger partial charge is 0.392 e. The third kappa shape index (κ3) is 15.2. The number of aliphatic hydroxyl groups excluding tert-OH is 2. The third-order valence-electron chi connectivity index (χ3n) is 16.5. The van der Waals surface area contributed by atoms with Crippen molar-refractivity contribution in [1.82, 2.24) is 69.1 Å². The number of amides is 2. The number of urea groups is 1. The van der Waals surface area contributed by atoms with Crippen molar-refractivity contribution >= 4 is 73.8 Å². The van der Waals surface area contributed by atoms with Gasteiger partial charge in [-0.3, -0.25) is 8.80 Å². The number of β-amino-alcohol motifs (C(OH)–C–C–N with tert-alkyl or cyclic N) is 2. The zero-order valence-electron chi connectivity index (χ0n) is 54.0. The first kappa shape index (κ1) is 66.8. The number of nitriles is 2. The number of likely N-dealkylation sites (tertiary alicyclic amines) is 1. The van der Waals surface area contributed by atoms with E-state index < -0.39 is 6.10 Å². The van der Waals surface area contributed by atoms with Crippen molar-refractivity contribution in [1.29, 1.82) is 10.5 Å². The van der Waals surface area contributed by atoms with Gasteiger partial charge in [-0.05, 0) is 105 Å². The molecule has 95 heavy (non-hydrogen) atoms. The van der Waals surface area contributed by atoms with E-state index >= 15 is 0 Å². The van der Waals surface area contributed by atoms with Gasteiger partial charge in [-0.1, -0.05) is 57.8 Å². The number of nitrogens with one attached hydrogen (secondary N) is 2. The van der Waals surface area contributed by atoms with Gasteiger partial charge in [0.1, 0.15) is 67.8 Å². The molecule has 4 N–H and O–H groups in total.